The molecule has 1 aromatic carbocycles. The number of benzene rings is 1. The molecule has 0 amide bonds. The Morgan fingerprint density at radius 2 is 2.12 bits per heavy atom. The second kappa shape index (κ2) is 6.02. The minimum Gasteiger partial charge on any atom is -0.306 e. The molecule has 1 heteroatoms. The summed E-state index contributed by atoms with van der Waals surface area (Å²) in [4.78, 5) is 0. The molecule has 0 saturated carbocycles. The van der Waals surface area contributed by atoms with Crippen LogP contribution in [-0.2, 0) is 6.42 Å². The summed E-state index contributed by atoms with van der Waals surface area (Å²) in [5.74, 6) is 0. The van der Waals surface area contributed by atoms with E-state index < -0.39 is 0 Å². The predicted molar refractivity (Wildman–Crippen MR) is 74.2 cm³/mol. The monoisotopic (exact) mass is 229 g/mol. The lowest BCUT2D eigenvalue weighted by Crippen LogP contribution is -2.21. The van der Waals surface area contributed by atoms with Crippen molar-refractivity contribution in [2.45, 2.75) is 45.6 Å². The minimum absolute atomic E-state index is 0.546. The van der Waals surface area contributed by atoms with Crippen molar-refractivity contribution in [2.24, 2.45) is 0 Å². The van der Waals surface area contributed by atoms with Crippen LogP contribution in [0.4, 0.5) is 0 Å². The van der Waals surface area contributed by atoms with Crippen molar-refractivity contribution in [1.29, 1.82) is 0 Å². The molecule has 0 spiro atoms. The third kappa shape index (κ3) is 3.44. The fourth-order valence-electron chi connectivity index (χ4n) is 2.54. The van der Waals surface area contributed by atoms with Crippen molar-refractivity contribution in [1.82, 2.24) is 5.32 Å². The molecular formula is C16H23N. The van der Waals surface area contributed by atoms with E-state index in [2.05, 4.69) is 49.5 Å². The highest BCUT2D eigenvalue weighted by Crippen LogP contribution is 2.28. The summed E-state index contributed by atoms with van der Waals surface area (Å²) < 4.78 is 0. The molecule has 0 heterocycles. The van der Waals surface area contributed by atoms with Gasteiger partial charge in [0.2, 0.25) is 0 Å². The Bertz CT molecular complexity index is 388. The number of allylic oxidation sites excluding steroid dienone is 1. The van der Waals surface area contributed by atoms with Crippen LogP contribution in [-0.4, -0.2) is 6.54 Å². The van der Waals surface area contributed by atoms with Gasteiger partial charge in [0.1, 0.15) is 0 Å². The Balaban J connectivity index is 2.09. The summed E-state index contributed by atoms with van der Waals surface area (Å²) in [6, 6.07) is 9.46. The highest BCUT2D eigenvalue weighted by molar-refractivity contribution is 5.31. The zero-order chi connectivity index (χ0) is 12.1. The third-order valence-corrected chi connectivity index (χ3v) is 3.49. The van der Waals surface area contributed by atoms with Crippen LogP contribution in [0.1, 0.15) is 50.3 Å². The minimum atomic E-state index is 0.546. The lowest BCUT2D eigenvalue weighted by Gasteiger charge is -2.18. The van der Waals surface area contributed by atoms with Gasteiger partial charge in [0.25, 0.3) is 0 Å². The Morgan fingerprint density at radius 1 is 1.29 bits per heavy atom. The molecule has 17 heavy (non-hydrogen) atoms. The Labute approximate surface area is 105 Å². The molecule has 1 atom stereocenters. The average Bonchev–Trinajstić information content (AvgIpc) is 2.52. The molecular weight excluding hydrogens is 206 g/mol. The van der Waals surface area contributed by atoms with E-state index in [1.165, 1.54) is 36.8 Å². The molecule has 2 rings (SSSR count). The van der Waals surface area contributed by atoms with Gasteiger partial charge < -0.3 is 5.32 Å². The van der Waals surface area contributed by atoms with E-state index in [9.17, 15) is 0 Å². The maximum Gasteiger partial charge on any atom is 0.0325 e. The van der Waals surface area contributed by atoms with E-state index in [1.807, 2.05) is 0 Å². The molecule has 0 fully saturated rings. The van der Waals surface area contributed by atoms with Gasteiger partial charge in [0.05, 0.1) is 0 Å². The van der Waals surface area contributed by atoms with Crippen LogP contribution >= 0.6 is 0 Å². The molecule has 1 nitrogen and oxygen atoms in total. The van der Waals surface area contributed by atoms with E-state index in [4.69, 9.17) is 0 Å². The summed E-state index contributed by atoms with van der Waals surface area (Å²) in [5, 5.41) is 3.67. The van der Waals surface area contributed by atoms with Crippen molar-refractivity contribution in [2.75, 3.05) is 6.54 Å². The summed E-state index contributed by atoms with van der Waals surface area (Å²) in [6.45, 7) is 5.30. The smallest absolute Gasteiger partial charge is 0.0325 e. The maximum atomic E-state index is 3.67. The first-order valence-corrected chi connectivity index (χ1v) is 6.72. The SMILES string of the molecule is CC(C)=CCNC1CCCCc2ccccc21. The van der Waals surface area contributed by atoms with Crippen LogP contribution in [0.3, 0.4) is 0 Å². The summed E-state index contributed by atoms with van der Waals surface area (Å²) >= 11 is 0. The summed E-state index contributed by atoms with van der Waals surface area (Å²) in [5.41, 5.74) is 4.45. The number of hydrogen-bond acceptors (Lipinski definition) is 1. The van der Waals surface area contributed by atoms with Gasteiger partial charge in [-0.3, -0.25) is 0 Å². The third-order valence-electron chi connectivity index (χ3n) is 3.49. The molecule has 0 bridgehead atoms. The molecule has 92 valence electrons. The fraction of sp³-hybridized carbons (Fsp3) is 0.500. The van der Waals surface area contributed by atoms with E-state index in [0.29, 0.717) is 6.04 Å². The molecule has 0 aromatic heterocycles. The van der Waals surface area contributed by atoms with Crippen molar-refractivity contribution in [3.8, 4) is 0 Å². The van der Waals surface area contributed by atoms with Crippen molar-refractivity contribution in [3.05, 3.63) is 47.0 Å². The largest absolute Gasteiger partial charge is 0.306 e. The van der Waals surface area contributed by atoms with E-state index in [1.54, 1.807) is 5.56 Å². The molecule has 0 radical (unpaired) electrons. The maximum absolute atomic E-state index is 3.67. The number of aryl methyl sites for hydroxylation is 1. The zero-order valence-electron chi connectivity index (χ0n) is 11.0. The first kappa shape index (κ1) is 12.4. The Hall–Kier alpha value is -1.08. The first-order chi connectivity index (χ1) is 8.27. The number of hydrogen-bond donors (Lipinski definition) is 1. The van der Waals surface area contributed by atoms with Gasteiger partial charge in [-0.1, -0.05) is 42.3 Å². The van der Waals surface area contributed by atoms with Gasteiger partial charge >= 0.3 is 0 Å². The van der Waals surface area contributed by atoms with E-state index in [-0.39, 0.29) is 0 Å². The second-order valence-corrected chi connectivity index (χ2v) is 5.19. The Kier molecular flexibility index (Phi) is 4.38. The average molecular weight is 229 g/mol. The quantitative estimate of drug-likeness (QED) is 0.610. The number of fused-ring (bicyclic) bond motifs is 1. The summed E-state index contributed by atoms with van der Waals surface area (Å²) in [6.07, 6.45) is 7.46. The molecule has 1 aromatic rings. The van der Waals surface area contributed by atoms with Crippen LogP contribution < -0.4 is 5.32 Å². The standard InChI is InChI=1S/C16H23N/c1-13(2)11-12-17-16-10-6-4-8-14-7-3-5-9-15(14)16/h3,5,7,9,11,16-17H,4,6,8,10,12H2,1-2H3. The van der Waals surface area contributed by atoms with Crippen LogP contribution in [0, 0.1) is 0 Å². The summed E-state index contributed by atoms with van der Waals surface area (Å²) in [7, 11) is 0. The van der Waals surface area contributed by atoms with E-state index >= 15 is 0 Å². The van der Waals surface area contributed by atoms with Crippen molar-refractivity contribution < 1.29 is 0 Å². The molecule has 1 N–H and O–H groups in total. The number of nitrogens with one attached hydrogen (secondary N) is 1. The van der Waals surface area contributed by atoms with Gasteiger partial charge in [-0.25, -0.2) is 0 Å². The lowest BCUT2D eigenvalue weighted by atomic mass is 9.99. The molecule has 1 aliphatic rings. The van der Waals surface area contributed by atoms with E-state index in [0.717, 1.165) is 6.54 Å². The van der Waals surface area contributed by atoms with Crippen molar-refractivity contribution >= 4 is 0 Å². The zero-order valence-corrected chi connectivity index (χ0v) is 11.0. The van der Waals surface area contributed by atoms with Gasteiger partial charge in [0.15, 0.2) is 0 Å². The molecule has 1 aliphatic carbocycles. The highest BCUT2D eigenvalue weighted by atomic mass is 14.9. The van der Waals surface area contributed by atoms with Crippen LogP contribution in [0.2, 0.25) is 0 Å². The first-order valence-electron chi connectivity index (χ1n) is 6.72. The second-order valence-electron chi connectivity index (χ2n) is 5.19. The van der Waals surface area contributed by atoms with Gasteiger partial charge in [-0.15, -0.1) is 0 Å². The van der Waals surface area contributed by atoms with Crippen LogP contribution in [0.5, 0.6) is 0 Å². The number of rotatable bonds is 3. The van der Waals surface area contributed by atoms with Crippen molar-refractivity contribution in [3.63, 3.8) is 0 Å². The van der Waals surface area contributed by atoms with Crippen LogP contribution in [0.15, 0.2) is 35.9 Å². The lowest BCUT2D eigenvalue weighted by molar-refractivity contribution is 0.514. The van der Waals surface area contributed by atoms with Gasteiger partial charge in [-0.05, 0) is 44.2 Å². The molecule has 0 aliphatic heterocycles. The molecule has 0 saturated heterocycles. The molecule has 1 unspecified atom stereocenters. The topological polar surface area (TPSA) is 12.0 Å². The van der Waals surface area contributed by atoms with Crippen LogP contribution in [0.25, 0.3) is 0 Å². The van der Waals surface area contributed by atoms with Gasteiger partial charge in [0, 0.05) is 12.6 Å². The Morgan fingerprint density at radius 3 is 2.94 bits per heavy atom. The predicted octanol–water partition coefficient (Wildman–Crippen LogP) is 4.01. The van der Waals surface area contributed by atoms with Gasteiger partial charge in [-0.2, -0.15) is 0 Å². The fourth-order valence-corrected chi connectivity index (χ4v) is 2.54. The highest BCUT2D eigenvalue weighted by Gasteiger charge is 2.16. The normalized spacial score (nSPS) is 19.3.